The summed E-state index contributed by atoms with van der Waals surface area (Å²) >= 11 is 4.93. The zero-order chi connectivity index (χ0) is 13.4. The molecule has 1 aliphatic heterocycles. The second-order valence-electron chi connectivity index (χ2n) is 4.50. The second kappa shape index (κ2) is 5.06. The quantitative estimate of drug-likeness (QED) is 0.803. The number of hydrogen-bond acceptors (Lipinski definition) is 4. The number of hydrogen-bond donors (Lipinski definition) is 0. The van der Waals surface area contributed by atoms with E-state index in [-0.39, 0.29) is 5.78 Å². The molecule has 0 spiro atoms. The Kier molecular flexibility index (Phi) is 3.41. The van der Waals surface area contributed by atoms with E-state index in [9.17, 15) is 4.79 Å². The molecule has 2 heterocycles. The lowest BCUT2D eigenvalue weighted by atomic mass is 10.0. The smallest absolute Gasteiger partial charge is 0.178 e. The number of halogens is 1. The van der Waals surface area contributed by atoms with Crippen LogP contribution < -0.4 is 4.74 Å². The highest BCUT2D eigenvalue weighted by Crippen LogP contribution is 2.33. The SMILES string of the molecule is Cc1ncc(C(=O)Cc2cc(Br)cc3c2OCC3)s1. The minimum Gasteiger partial charge on any atom is -0.493 e. The molecular weight excluding hydrogens is 326 g/mol. The standard InChI is InChI=1S/C14H12BrNO2S/c1-8-16-7-13(19-8)12(17)6-10-5-11(15)4-9-2-3-18-14(9)10/h4-5,7H,2-3,6H2,1H3. The molecule has 0 radical (unpaired) electrons. The number of benzene rings is 1. The zero-order valence-corrected chi connectivity index (χ0v) is 12.8. The third-order valence-electron chi connectivity index (χ3n) is 3.07. The van der Waals surface area contributed by atoms with Crippen molar-refractivity contribution in [3.05, 3.63) is 43.8 Å². The highest BCUT2D eigenvalue weighted by atomic mass is 79.9. The fourth-order valence-corrected chi connectivity index (χ4v) is 3.50. The maximum Gasteiger partial charge on any atom is 0.178 e. The number of ether oxygens (including phenoxy) is 1. The molecule has 0 saturated heterocycles. The molecule has 1 aliphatic rings. The number of aromatic nitrogens is 1. The predicted molar refractivity (Wildman–Crippen MR) is 78.2 cm³/mol. The molecule has 0 N–H and O–H groups in total. The Bertz CT molecular complexity index is 651. The van der Waals surface area contributed by atoms with E-state index in [0.717, 1.165) is 27.2 Å². The van der Waals surface area contributed by atoms with Gasteiger partial charge in [-0.05, 0) is 24.6 Å². The lowest BCUT2D eigenvalue weighted by Gasteiger charge is -2.07. The van der Waals surface area contributed by atoms with Crippen molar-refractivity contribution in [2.45, 2.75) is 19.8 Å². The van der Waals surface area contributed by atoms with Crippen LogP contribution >= 0.6 is 27.3 Å². The summed E-state index contributed by atoms with van der Waals surface area (Å²) in [5, 5.41) is 0.916. The summed E-state index contributed by atoms with van der Waals surface area (Å²) in [6, 6.07) is 4.03. The molecular formula is C14H12BrNO2S. The van der Waals surface area contributed by atoms with Crippen LogP contribution in [0.25, 0.3) is 0 Å². The van der Waals surface area contributed by atoms with E-state index in [2.05, 4.69) is 27.0 Å². The van der Waals surface area contributed by atoms with E-state index >= 15 is 0 Å². The molecule has 19 heavy (non-hydrogen) atoms. The molecule has 0 atom stereocenters. The van der Waals surface area contributed by atoms with Crippen LogP contribution in [-0.2, 0) is 12.8 Å². The molecule has 5 heteroatoms. The maximum atomic E-state index is 12.2. The second-order valence-corrected chi connectivity index (χ2v) is 6.65. The normalized spacial score (nSPS) is 13.2. The molecule has 0 unspecified atom stereocenters. The molecule has 1 aromatic heterocycles. The van der Waals surface area contributed by atoms with Gasteiger partial charge in [-0.15, -0.1) is 11.3 Å². The van der Waals surface area contributed by atoms with E-state index in [1.54, 1.807) is 6.20 Å². The van der Waals surface area contributed by atoms with Crippen molar-refractivity contribution in [3.63, 3.8) is 0 Å². The van der Waals surface area contributed by atoms with Crippen LogP contribution in [0.15, 0.2) is 22.8 Å². The van der Waals surface area contributed by atoms with E-state index in [0.29, 0.717) is 17.9 Å². The number of ketones is 1. The van der Waals surface area contributed by atoms with Crippen molar-refractivity contribution >= 4 is 33.0 Å². The monoisotopic (exact) mass is 337 g/mol. The van der Waals surface area contributed by atoms with Crippen molar-refractivity contribution in [1.82, 2.24) is 4.98 Å². The first kappa shape index (κ1) is 12.8. The minimum absolute atomic E-state index is 0.0985. The number of nitrogens with zero attached hydrogens (tertiary/aromatic N) is 1. The molecule has 0 fully saturated rings. The van der Waals surface area contributed by atoms with Crippen molar-refractivity contribution < 1.29 is 9.53 Å². The number of carbonyl (C=O) groups excluding carboxylic acids is 1. The Labute approximate surface area is 123 Å². The van der Waals surface area contributed by atoms with Crippen LogP contribution in [0.1, 0.15) is 25.8 Å². The topological polar surface area (TPSA) is 39.2 Å². The fourth-order valence-electron chi connectivity index (χ4n) is 2.23. The molecule has 0 aliphatic carbocycles. The van der Waals surface area contributed by atoms with Gasteiger partial charge in [-0.3, -0.25) is 4.79 Å². The van der Waals surface area contributed by atoms with Gasteiger partial charge in [0.15, 0.2) is 5.78 Å². The fraction of sp³-hybridized carbons (Fsp3) is 0.286. The minimum atomic E-state index is 0.0985. The molecule has 0 amide bonds. The Hall–Kier alpha value is -1.20. The molecule has 0 bridgehead atoms. The van der Waals surface area contributed by atoms with Gasteiger partial charge in [-0.2, -0.15) is 0 Å². The first-order chi connectivity index (χ1) is 9.13. The van der Waals surface area contributed by atoms with Crippen LogP contribution in [0.3, 0.4) is 0 Å². The van der Waals surface area contributed by atoms with Gasteiger partial charge in [0, 0.05) is 29.1 Å². The molecule has 98 valence electrons. The summed E-state index contributed by atoms with van der Waals surface area (Å²) in [5.41, 5.74) is 2.13. The van der Waals surface area contributed by atoms with Crippen LogP contribution in [-0.4, -0.2) is 17.4 Å². The molecule has 1 aromatic carbocycles. The number of fused-ring (bicyclic) bond motifs is 1. The number of aryl methyl sites for hydroxylation is 1. The van der Waals surface area contributed by atoms with Crippen LogP contribution in [0.5, 0.6) is 5.75 Å². The lowest BCUT2D eigenvalue weighted by Crippen LogP contribution is -2.03. The van der Waals surface area contributed by atoms with E-state index in [1.165, 1.54) is 16.9 Å². The van der Waals surface area contributed by atoms with Gasteiger partial charge in [-0.1, -0.05) is 15.9 Å². The number of carbonyl (C=O) groups is 1. The van der Waals surface area contributed by atoms with Crippen molar-refractivity contribution in [3.8, 4) is 5.75 Å². The Morgan fingerprint density at radius 3 is 3.11 bits per heavy atom. The van der Waals surface area contributed by atoms with Crippen LogP contribution in [0.4, 0.5) is 0 Å². The maximum absolute atomic E-state index is 12.2. The summed E-state index contributed by atoms with van der Waals surface area (Å²) in [7, 11) is 0. The predicted octanol–water partition coefficient (Wildman–Crippen LogP) is 3.57. The molecule has 3 rings (SSSR count). The van der Waals surface area contributed by atoms with Gasteiger partial charge in [0.2, 0.25) is 0 Å². The Balaban J connectivity index is 1.90. The summed E-state index contributed by atoms with van der Waals surface area (Å²) in [5.74, 6) is 0.985. The first-order valence-corrected chi connectivity index (χ1v) is 7.64. The van der Waals surface area contributed by atoms with Gasteiger partial charge in [0.05, 0.1) is 16.5 Å². The highest BCUT2D eigenvalue weighted by molar-refractivity contribution is 9.10. The van der Waals surface area contributed by atoms with E-state index in [4.69, 9.17) is 4.74 Å². The van der Waals surface area contributed by atoms with Crippen molar-refractivity contribution in [2.75, 3.05) is 6.61 Å². The molecule has 2 aromatic rings. The summed E-state index contributed by atoms with van der Waals surface area (Å²) < 4.78 is 6.64. The largest absolute Gasteiger partial charge is 0.493 e. The van der Waals surface area contributed by atoms with E-state index in [1.807, 2.05) is 13.0 Å². The van der Waals surface area contributed by atoms with Crippen LogP contribution in [0, 0.1) is 6.92 Å². The molecule has 0 saturated carbocycles. The third-order valence-corrected chi connectivity index (χ3v) is 4.48. The zero-order valence-electron chi connectivity index (χ0n) is 10.4. The lowest BCUT2D eigenvalue weighted by molar-refractivity contribution is 0.0995. The van der Waals surface area contributed by atoms with Gasteiger partial charge in [0.1, 0.15) is 5.75 Å². The summed E-state index contributed by atoms with van der Waals surface area (Å²) in [6.07, 6.45) is 2.93. The van der Waals surface area contributed by atoms with Crippen LogP contribution in [0.2, 0.25) is 0 Å². The Morgan fingerprint density at radius 2 is 2.37 bits per heavy atom. The summed E-state index contributed by atoms with van der Waals surface area (Å²) in [6.45, 7) is 2.61. The first-order valence-electron chi connectivity index (χ1n) is 6.03. The average Bonchev–Trinajstić information content (AvgIpc) is 2.97. The van der Waals surface area contributed by atoms with Crippen molar-refractivity contribution in [1.29, 1.82) is 0 Å². The number of thiazole rings is 1. The average molecular weight is 338 g/mol. The highest BCUT2D eigenvalue weighted by Gasteiger charge is 2.20. The third kappa shape index (κ3) is 2.58. The van der Waals surface area contributed by atoms with E-state index < -0.39 is 0 Å². The van der Waals surface area contributed by atoms with Crippen molar-refractivity contribution in [2.24, 2.45) is 0 Å². The molecule has 3 nitrogen and oxygen atoms in total. The van der Waals surface area contributed by atoms with Gasteiger partial charge in [0.25, 0.3) is 0 Å². The number of rotatable bonds is 3. The summed E-state index contributed by atoms with van der Waals surface area (Å²) in [4.78, 5) is 17.1. The number of Topliss-reactive ketones (excluding diaryl/α,β-unsaturated/α-hetero) is 1. The Morgan fingerprint density at radius 1 is 1.53 bits per heavy atom. The van der Waals surface area contributed by atoms with Gasteiger partial charge < -0.3 is 4.74 Å². The van der Waals surface area contributed by atoms with Gasteiger partial charge >= 0.3 is 0 Å². The van der Waals surface area contributed by atoms with Gasteiger partial charge in [-0.25, -0.2) is 4.98 Å².